The maximum atomic E-state index is 12.4. The van der Waals surface area contributed by atoms with Gasteiger partial charge in [-0.2, -0.15) is 4.68 Å². The first-order valence-electron chi connectivity index (χ1n) is 10.0. The molecule has 3 aromatic rings. The van der Waals surface area contributed by atoms with E-state index in [9.17, 15) is 4.79 Å². The van der Waals surface area contributed by atoms with E-state index in [1.54, 1.807) is 11.8 Å². The molecule has 1 amide bonds. The van der Waals surface area contributed by atoms with E-state index < -0.39 is 0 Å². The highest BCUT2D eigenvalue weighted by molar-refractivity contribution is 7.99. The quantitative estimate of drug-likeness (QED) is 0.561. The number of nitrogens with zero attached hydrogens (tertiary/aromatic N) is 6. The number of hydrogen-bond acceptors (Lipinski definition) is 8. The molecule has 0 bridgehead atoms. The molecular formula is C21H25N7O2S. The smallest absolute Gasteiger partial charge is 0.234 e. The number of benzene rings is 2. The Morgan fingerprint density at radius 3 is 2.39 bits per heavy atom. The Balaban J connectivity index is 1.31. The first-order valence-corrected chi connectivity index (χ1v) is 11.0. The average molecular weight is 440 g/mol. The van der Waals surface area contributed by atoms with Gasteiger partial charge in [-0.25, -0.2) is 0 Å². The van der Waals surface area contributed by atoms with Crippen LogP contribution < -0.4 is 15.0 Å². The molecular weight excluding hydrogens is 414 g/mol. The van der Waals surface area contributed by atoms with Crippen LogP contribution in [0.3, 0.4) is 0 Å². The number of carbonyl (C=O) groups is 1. The molecule has 1 aliphatic rings. The van der Waals surface area contributed by atoms with Crippen LogP contribution in [0.4, 0.5) is 11.4 Å². The van der Waals surface area contributed by atoms with Gasteiger partial charge in [-0.3, -0.25) is 4.79 Å². The minimum absolute atomic E-state index is 0.110. The second-order valence-electron chi connectivity index (χ2n) is 7.25. The average Bonchev–Trinajstić information content (AvgIpc) is 3.27. The number of rotatable bonds is 7. The predicted octanol–water partition coefficient (Wildman–Crippen LogP) is 2.15. The zero-order valence-corrected chi connectivity index (χ0v) is 18.4. The van der Waals surface area contributed by atoms with E-state index in [1.165, 1.54) is 17.4 Å². The zero-order chi connectivity index (χ0) is 21.6. The van der Waals surface area contributed by atoms with Crippen LogP contribution in [0, 0.1) is 0 Å². The third kappa shape index (κ3) is 5.33. The molecule has 0 saturated carbocycles. The van der Waals surface area contributed by atoms with Crippen LogP contribution in [0.15, 0.2) is 53.7 Å². The number of methoxy groups -OCH3 is 1. The highest BCUT2D eigenvalue weighted by atomic mass is 32.2. The van der Waals surface area contributed by atoms with Crippen molar-refractivity contribution in [1.29, 1.82) is 0 Å². The first kappa shape index (κ1) is 21.1. The summed E-state index contributed by atoms with van der Waals surface area (Å²) in [5.41, 5.74) is 2.76. The molecule has 1 aromatic heterocycles. The Labute approximate surface area is 185 Å². The highest BCUT2D eigenvalue weighted by Crippen LogP contribution is 2.22. The van der Waals surface area contributed by atoms with E-state index in [0.29, 0.717) is 5.16 Å². The summed E-state index contributed by atoms with van der Waals surface area (Å²) in [6.07, 6.45) is 0. The third-order valence-corrected chi connectivity index (χ3v) is 6.03. The van der Waals surface area contributed by atoms with Gasteiger partial charge in [0, 0.05) is 37.6 Å². The zero-order valence-electron chi connectivity index (χ0n) is 17.6. The molecule has 31 heavy (non-hydrogen) atoms. The van der Waals surface area contributed by atoms with Gasteiger partial charge < -0.3 is 19.9 Å². The van der Waals surface area contributed by atoms with Crippen molar-refractivity contribution in [2.24, 2.45) is 0 Å². The van der Waals surface area contributed by atoms with Crippen molar-refractivity contribution < 1.29 is 9.53 Å². The summed E-state index contributed by atoms with van der Waals surface area (Å²) in [7, 11) is 3.76. The molecule has 0 spiro atoms. The summed E-state index contributed by atoms with van der Waals surface area (Å²) in [5.74, 6) is 0.849. The van der Waals surface area contributed by atoms with Gasteiger partial charge in [-0.05, 0) is 66.0 Å². The molecule has 0 unspecified atom stereocenters. The van der Waals surface area contributed by atoms with Crippen LogP contribution in [0.1, 0.15) is 0 Å². The molecule has 4 rings (SSSR count). The molecule has 0 atom stereocenters. The highest BCUT2D eigenvalue weighted by Gasteiger charge is 2.15. The normalized spacial score (nSPS) is 14.5. The minimum Gasteiger partial charge on any atom is -0.497 e. The number of nitrogens with one attached hydrogen (secondary N) is 1. The van der Waals surface area contributed by atoms with Crippen molar-refractivity contribution in [2.45, 2.75) is 5.16 Å². The summed E-state index contributed by atoms with van der Waals surface area (Å²) in [4.78, 5) is 17.1. The maximum absolute atomic E-state index is 12.4. The lowest BCUT2D eigenvalue weighted by Crippen LogP contribution is -2.44. The molecule has 162 valence electrons. The molecule has 2 heterocycles. The van der Waals surface area contributed by atoms with Crippen LogP contribution in [0.2, 0.25) is 0 Å². The Morgan fingerprint density at radius 1 is 1.03 bits per heavy atom. The van der Waals surface area contributed by atoms with E-state index >= 15 is 0 Å². The van der Waals surface area contributed by atoms with Crippen molar-refractivity contribution in [2.75, 3.05) is 56.3 Å². The van der Waals surface area contributed by atoms with E-state index in [4.69, 9.17) is 4.74 Å². The van der Waals surface area contributed by atoms with E-state index in [1.807, 2.05) is 36.4 Å². The van der Waals surface area contributed by atoms with Crippen molar-refractivity contribution in [1.82, 2.24) is 25.1 Å². The van der Waals surface area contributed by atoms with Crippen molar-refractivity contribution in [3.05, 3.63) is 48.5 Å². The fourth-order valence-corrected chi connectivity index (χ4v) is 3.99. The molecule has 1 N–H and O–H groups in total. The largest absolute Gasteiger partial charge is 0.497 e. The summed E-state index contributed by atoms with van der Waals surface area (Å²) >= 11 is 1.28. The van der Waals surface area contributed by atoms with Gasteiger partial charge in [-0.15, -0.1) is 5.10 Å². The van der Waals surface area contributed by atoms with Gasteiger partial charge in [0.05, 0.1) is 18.6 Å². The Kier molecular flexibility index (Phi) is 6.68. The summed E-state index contributed by atoms with van der Waals surface area (Å²) in [5, 5.41) is 15.3. The molecule has 2 aromatic carbocycles. The van der Waals surface area contributed by atoms with Crippen molar-refractivity contribution in [3.8, 4) is 11.4 Å². The second-order valence-corrected chi connectivity index (χ2v) is 8.19. The number of amides is 1. The van der Waals surface area contributed by atoms with E-state index in [2.05, 4.69) is 49.8 Å². The maximum Gasteiger partial charge on any atom is 0.234 e. The molecule has 1 aliphatic heterocycles. The Hall–Kier alpha value is -3.11. The minimum atomic E-state index is -0.110. The van der Waals surface area contributed by atoms with Crippen molar-refractivity contribution >= 4 is 29.0 Å². The Bertz CT molecular complexity index is 999. The number of hydrogen-bond donors (Lipinski definition) is 1. The number of likely N-dealkylation sites (N-methyl/N-ethyl adjacent to an activating group) is 1. The fourth-order valence-electron chi connectivity index (χ4n) is 3.30. The summed E-state index contributed by atoms with van der Waals surface area (Å²) in [6.45, 7) is 4.15. The first-order chi connectivity index (χ1) is 15.1. The summed E-state index contributed by atoms with van der Waals surface area (Å²) in [6, 6.07) is 15.4. The number of thioether (sulfide) groups is 1. The van der Waals surface area contributed by atoms with E-state index in [-0.39, 0.29) is 11.7 Å². The fraction of sp³-hybridized carbons (Fsp3) is 0.333. The number of aromatic nitrogens is 4. The van der Waals surface area contributed by atoms with Crippen LogP contribution in [-0.2, 0) is 4.79 Å². The van der Waals surface area contributed by atoms with Crippen molar-refractivity contribution in [3.63, 3.8) is 0 Å². The molecule has 1 fully saturated rings. The molecule has 9 nitrogen and oxygen atoms in total. The van der Waals surface area contributed by atoms with Gasteiger partial charge in [0.1, 0.15) is 5.75 Å². The lowest BCUT2D eigenvalue weighted by molar-refractivity contribution is -0.113. The summed E-state index contributed by atoms with van der Waals surface area (Å²) < 4.78 is 6.77. The number of carbonyl (C=O) groups excluding carboxylic acids is 1. The SMILES string of the molecule is COc1ccc(-n2nnnc2SCC(=O)Nc2ccc(N3CCN(C)CC3)cc2)cc1. The van der Waals surface area contributed by atoms with Crippen LogP contribution >= 0.6 is 11.8 Å². The molecule has 1 saturated heterocycles. The lowest BCUT2D eigenvalue weighted by Gasteiger charge is -2.34. The van der Waals surface area contributed by atoms with Gasteiger partial charge in [0.15, 0.2) is 0 Å². The Morgan fingerprint density at radius 2 is 1.71 bits per heavy atom. The lowest BCUT2D eigenvalue weighted by atomic mass is 10.2. The van der Waals surface area contributed by atoms with E-state index in [0.717, 1.165) is 43.3 Å². The van der Waals surface area contributed by atoms with Crippen LogP contribution in [0.25, 0.3) is 5.69 Å². The monoisotopic (exact) mass is 439 g/mol. The third-order valence-electron chi connectivity index (χ3n) is 5.11. The number of piperazine rings is 1. The molecule has 10 heteroatoms. The van der Waals surface area contributed by atoms with Gasteiger partial charge in [-0.1, -0.05) is 11.8 Å². The van der Waals surface area contributed by atoms with Crippen LogP contribution in [0.5, 0.6) is 5.75 Å². The molecule has 0 aliphatic carbocycles. The predicted molar refractivity (Wildman–Crippen MR) is 121 cm³/mol. The van der Waals surface area contributed by atoms with Crippen LogP contribution in [-0.4, -0.2) is 77.1 Å². The number of anilines is 2. The topological polar surface area (TPSA) is 88.4 Å². The number of ether oxygens (including phenoxy) is 1. The van der Waals surface area contributed by atoms with Gasteiger partial charge >= 0.3 is 0 Å². The standard InChI is InChI=1S/C21H25N7O2S/c1-26-11-13-27(14-12-26)17-5-3-16(4-6-17)22-20(29)15-31-21-23-24-25-28(21)18-7-9-19(30-2)10-8-18/h3-10H,11-15H2,1-2H3,(H,22,29). The van der Waals surface area contributed by atoms with Gasteiger partial charge in [0.2, 0.25) is 11.1 Å². The second kappa shape index (κ2) is 9.80. The van der Waals surface area contributed by atoms with Gasteiger partial charge in [0.25, 0.3) is 0 Å². The molecule has 0 radical (unpaired) electrons. The number of tetrazole rings is 1.